The summed E-state index contributed by atoms with van der Waals surface area (Å²) < 4.78 is 0. The van der Waals surface area contributed by atoms with Crippen molar-refractivity contribution in [2.75, 3.05) is 0 Å². The Bertz CT molecular complexity index is 794. The molecular formula is C16H18N4S. The maximum atomic E-state index is 5.80. The minimum absolute atomic E-state index is 0.0399. The average molecular weight is 298 g/mol. The van der Waals surface area contributed by atoms with Gasteiger partial charge in [0.15, 0.2) is 0 Å². The van der Waals surface area contributed by atoms with Gasteiger partial charge >= 0.3 is 0 Å². The van der Waals surface area contributed by atoms with E-state index in [-0.39, 0.29) is 6.04 Å². The van der Waals surface area contributed by atoms with E-state index in [0.717, 1.165) is 37.7 Å². The summed E-state index contributed by atoms with van der Waals surface area (Å²) in [6, 6.07) is 10.3. The maximum absolute atomic E-state index is 5.80. The number of pyridine rings is 1. The average Bonchev–Trinajstić information content (AvgIpc) is 2.79. The molecule has 0 saturated carbocycles. The first-order valence-electron chi connectivity index (χ1n) is 6.86. The first-order chi connectivity index (χ1) is 10.1. The van der Waals surface area contributed by atoms with E-state index < -0.39 is 0 Å². The minimum atomic E-state index is -0.0399. The van der Waals surface area contributed by atoms with Gasteiger partial charge in [-0.3, -0.25) is 10.8 Å². The largest absolute Gasteiger partial charge is 0.271 e. The molecule has 1 unspecified atom stereocenters. The van der Waals surface area contributed by atoms with Crippen LogP contribution in [-0.2, 0) is 0 Å². The monoisotopic (exact) mass is 298 g/mol. The van der Waals surface area contributed by atoms with Gasteiger partial charge in [0, 0.05) is 11.1 Å². The summed E-state index contributed by atoms with van der Waals surface area (Å²) in [7, 11) is 0. The molecule has 3 rings (SSSR count). The Morgan fingerprint density at radius 1 is 1.10 bits per heavy atom. The summed E-state index contributed by atoms with van der Waals surface area (Å²) in [6.45, 7) is 6.04. The molecule has 5 heteroatoms. The van der Waals surface area contributed by atoms with Gasteiger partial charge in [-0.1, -0.05) is 12.1 Å². The van der Waals surface area contributed by atoms with Crippen LogP contribution in [0.4, 0.5) is 0 Å². The van der Waals surface area contributed by atoms with Crippen LogP contribution in [0.5, 0.6) is 0 Å². The molecule has 2 aromatic heterocycles. The van der Waals surface area contributed by atoms with Crippen molar-refractivity contribution >= 4 is 22.2 Å². The fourth-order valence-corrected chi connectivity index (χ4v) is 3.58. The normalized spacial score (nSPS) is 12.8. The van der Waals surface area contributed by atoms with Gasteiger partial charge in [-0.15, -0.1) is 11.3 Å². The third kappa shape index (κ3) is 2.68. The third-order valence-electron chi connectivity index (χ3n) is 3.55. The Hall–Kier alpha value is -1.82. The van der Waals surface area contributed by atoms with E-state index in [9.17, 15) is 0 Å². The number of hydrogen-bond donors (Lipinski definition) is 2. The molecular weight excluding hydrogens is 280 g/mol. The van der Waals surface area contributed by atoms with Crippen molar-refractivity contribution in [3.05, 3.63) is 57.2 Å². The molecule has 3 N–H and O–H groups in total. The first kappa shape index (κ1) is 14.1. The second-order valence-electron chi connectivity index (χ2n) is 5.19. The number of nitrogens with two attached hydrogens (primary N) is 1. The predicted molar refractivity (Wildman–Crippen MR) is 87.2 cm³/mol. The van der Waals surface area contributed by atoms with Crippen LogP contribution < -0.4 is 11.3 Å². The van der Waals surface area contributed by atoms with Crippen molar-refractivity contribution in [2.45, 2.75) is 26.8 Å². The lowest BCUT2D eigenvalue weighted by Gasteiger charge is -2.16. The van der Waals surface area contributed by atoms with Gasteiger partial charge in [-0.05, 0) is 44.5 Å². The van der Waals surface area contributed by atoms with Crippen LogP contribution in [0.15, 0.2) is 30.3 Å². The van der Waals surface area contributed by atoms with Crippen molar-refractivity contribution in [2.24, 2.45) is 5.84 Å². The van der Waals surface area contributed by atoms with Crippen molar-refractivity contribution in [1.29, 1.82) is 0 Å². The zero-order valence-electron chi connectivity index (χ0n) is 12.3. The smallest absolute Gasteiger partial charge is 0.0900 e. The highest BCUT2D eigenvalue weighted by Gasteiger charge is 2.18. The molecule has 0 aliphatic carbocycles. The predicted octanol–water partition coefficient (Wildman–Crippen LogP) is 3.17. The minimum Gasteiger partial charge on any atom is -0.271 e. The Morgan fingerprint density at radius 2 is 1.90 bits per heavy atom. The number of thiazole rings is 1. The fourth-order valence-electron chi connectivity index (χ4n) is 2.56. The summed E-state index contributed by atoms with van der Waals surface area (Å²) in [5, 5.41) is 2.18. The van der Waals surface area contributed by atoms with Gasteiger partial charge in [-0.25, -0.2) is 10.4 Å². The molecule has 0 bridgehead atoms. The van der Waals surface area contributed by atoms with E-state index in [0.29, 0.717) is 0 Å². The highest BCUT2D eigenvalue weighted by molar-refractivity contribution is 7.11. The van der Waals surface area contributed by atoms with Crippen LogP contribution in [0.3, 0.4) is 0 Å². The number of nitrogens with one attached hydrogen (secondary N) is 1. The van der Waals surface area contributed by atoms with Gasteiger partial charge in [0.2, 0.25) is 0 Å². The molecule has 0 amide bonds. The standard InChI is InChI=1S/C16H18N4S/c1-9-4-5-12-8-13(6-7-14(12)18-9)15(20-17)16-10(2)19-11(3)21-16/h4-8,15,20H,17H2,1-3H3. The number of hydrogen-bond acceptors (Lipinski definition) is 5. The van der Waals surface area contributed by atoms with E-state index in [4.69, 9.17) is 5.84 Å². The van der Waals surface area contributed by atoms with Crippen molar-refractivity contribution in [3.8, 4) is 0 Å². The van der Waals surface area contributed by atoms with E-state index in [1.54, 1.807) is 11.3 Å². The molecule has 1 atom stereocenters. The van der Waals surface area contributed by atoms with Crippen LogP contribution in [0.2, 0.25) is 0 Å². The van der Waals surface area contributed by atoms with Crippen LogP contribution in [0.25, 0.3) is 10.9 Å². The van der Waals surface area contributed by atoms with E-state index >= 15 is 0 Å². The molecule has 0 aliphatic heterocycles. The van der Waals surface area contributed by atoms with Gasteiger partial charge in [-0.2, -0.15) is 0 Å². The zero-order chi connectivity index (χ0) is 15.0. The SMILES string of the molecule is Cc1ccc2cc(C(NN)c3sc(C)nc3C)ccc2n1. The molecule has 0 radical (unpaired) electrons. The number of nitrogens with zero attached hydrogens (tertiary/aromatic N) is 2. The topological polar surface area (TPSA) is 63.8 Å². The van der Waals surface area contributed by atoms with Gasteiger partial charge in [0.05, 0.1) is 27.1 Å². The molecule has 3 aromatic rings. The second-order valence-corrected chi connectivity index (χ2v) is 6.42. The molecule has 0 spiro atoms. The van der Waals surface area contributed by atoms with Crippen molar-refractivity contribution in [1.82, 2.24) is 15.4 Å². The lowest BCUT2D eigenvalue weighted by Crippen LogP contribution is -2.28. The molecule has 0 saturated heterocycles. The van der Waals surface area contributed by atoms with Crippen molar-refractivity contribution < 1.29 is 0 Å². The highest BCUT2D eigenvalue weighted by atomic mass is 32.1. The lowest BCUT2D eigenvalue weighted by molar-refractivity contribution is 0.642. The molecule has 0 fully saturated rings. The summed E-state index contributed by atoms with van der Waals surface area (Å²) in [4.78, 5) is 10.2. The number of aryl methyl sites for hydroxylation is 3. The maximum Gasteiger partial charge on any atom is 0.0900 e. The molecule has 2 heterocycles. The van der Waals surface area contributed by atoms with Crippen LogP contribution in [0, 0.1) is 20.8 Å². The van der Waals surface area contributed by atoms with E-state index in [2.05, 4.69) is 33.6 Å². The number of hydrazine groups is 1. The quantitative estimate of drug-likeness (QED) is 0.576. The second kappa shape index (κ2) is 5.52. The molecule has 4 nitrogen and oxygen atoms in total. The summed E-state index contributed by atoms with van der Waals surface area (Å²) in [6.07, 6.45) is 0. The summed E-state index contributed by atoms with van der Waals surface area (Å²) >= 11 is 1.68. The van der Waals surface area contributed by atoms with Crippen LogP contribution >= 0.6 is 11.3 Å². The summed E-state index contributed by atoms with van der Waals surface area (Å²) in [5.74, 6) is 5.80. The molecule has 108 valence electrons. The van der Waals surface area contributed by atoms with Gasteiger partial charge in [0.1, 0.15) is 0 Å². The van der Waals surface area contributed by atoms with E-state index in [1.165, 1.54) is 0 Å². The lowest BCUT2D eigenvalue weighted by atomic mass is 10.0. The number of fused-ring (bicyclic) bond motifs is 1. The molecule has 1 aromatic carbocycles. The fraction of sp³-hybridized carbons (Fsp3) is 0.250. The van der Waals surface area contributed by atoms with E-state index in [1.807, 2.05) is 32.9 Å². The number of rotatable bonds is 3. The number of benzene rings is 1. The Morgan fingerprint density at radius 3 is 2.57 bits per heavy atom. The van der Waals surface area contributed by atoms with Gasteiger partial charge in [0.25, 0.3) is 0 Å². The van der Waals surface area contributed by atoms with Crippen molar-refractivity contribution in [3.63, 3.8) is 0 Å². The summed E-state index contributed by atoms with van der Waals surface area (Å²) in [5.41, 5.74) is 7.10. The highest BCUT2D eigenvalue weighted by Crippen LogP contribution is 2.30. The van der Waals surface area contributed by atoms with Crippen LogP contribution in [0.1, 0.15) is 32.9 Å². The first-order valence-corrected chi connectivity index (χ1v) is 7.67. The third-order valence-corrected chi connectivity index (χ3v) is 4.69. The van der Waals surface area contributed by atoms with Gasteiger partial charge < -0.3 is 0 Å². The Balaban J connectivity index is 2.08. The molecule has 21 heavy (non-hydrogen) atoms. The zero-order valence-corrected chi connectivity index (χ0v) is 13.2. The Kier molecular flexibility index (Phi) is 3.71. The van der Waals surface area contributed by atoms with Crippen LogP contribution in [-0.4, -0.2) is 9.97 Å². The Labute approximate surface area is 128 Å². The molecule has 0 aliphatic rings. The number of aromatic nitrogens is 2.